The van der Waals surface area contributed by atoms with Crippen LogP contribution in [0.3, 0.4) is 0 Å². The van der Waals surface area contributed by atoms with Gasteiger partial charge in [0.2, 0.25) is 0 Å². The number of thioether (sulfide) groups is 1. The maximum Gasteiger partial charge on any atom is 0.178 e. The van der Waals surface area contributed by atoms with Gasteiger partial charge in [-0.1, -0.05) is 0 Å². The van der Waals surface area contributed by atoms with E-state index in [0.29, 0.717) is 9.24 Å². The van der Waals surface area contributed by atoms with Crippen LogP contribution >= 0.6 is 39.9 Å². The lowest BCUT2D eigenvalue weighted by atomic mass is 10.1. The van der Waals surface area contributed by atoms with Crippen molar-refractivity contribution in [2.24, 2.45) is 0 Å². The Hall–Kier alpha value is -0.330. The van der Waals surface area contributed by atoms with E-state index in [1.54, 1.807) is 12.1 Å². The van der Waals surface area contributed by atoms with Gasteiger partial charge in [0.1, 0.15) is 5.82 Å². The molecule has 0 saturated carbocycles. The van der Waals surface area contributed by atoms with Crippen molar-refractivity contribution in [3.63, 3.8) is 0 Å². The number of fused-ring (bicyclic) bond motifs is 1. The number of H-pyrrole nitrogens is 1. The average molecular weight is 361 g/mol. The van der Waals surface area contributed by atoms with Crippen LogP contribution in [0.2, 0.25) is 0 Å². The zero-order chi connectivity index (χ0) is 13.6. The molecule has 1 N–H and O–H groups in total. The van der Waals surface area contributed by atoms with E-state index in [-0.39, 0.29) is 10.6 Å². The molecule has 0 radical (unpaired) electrons. The third kappa shape index (κ3) is 2.50. The lowest BCUT2D eigenvalue weighted by molar-refractivity contribution is 0.514. The van der Waals surface area contributed by atoms with Gasteiger partial charge in [-0.3, -0.25) is 0 Å². The quantitative estimate of drug-likeness (QED) is 0.769. The molecule has 6 heteroatoms. The van der Waals surface area contributed by atoms with E-state index in [0.717, 1.165) is 17.6 Å². The van der Waals surface area contributed by atoms with Gasteiger partial charge >= 0.3 is 0 Å². The molecule has 0 spiro atoms. The molecule has 1 unspecified atom stereocenters. The summed E-state index contributed by atoms with van der Waals surface area (Å²) in [5, 5.41) is 0. The number of imidazole rings is 1. The number of nitrogens with zero attached hydrogens (tertiary/aromatic N) is 1. The number of halogens is 2. The number of aromatic amines is 1. The zero-order valence-corrected chi connectivity index (χ0v) is 13.7. The molecule has 19 heavy (non-hydrogen) atoms. The van der Waals surface area contributed by atoms with Gasteiger partial charge in [-0.2, -0.15) is 11.8 Å². The summed E-state index contributed by atoms with van der Waals surface area (Å²) in [4.78, 5) is 3.16. The molecule has 1 aromatic heterocycles. The fourth-order valence-electron chi connectivity index (χ4n) is 2.60. The van der Waals surface area contributed by atoms with E-state index < -0.39 is 0 Å². The van der Waals surface area contributed by atoms with Crippen molar-refractivity contribution in [3.05, 3.63) is 27.2 Å². The third-order valence-electron chi connectivity index (χ3n) is 3.61. The van der Waals surface area contributed by atoms with Crippen LogP contribution in [0.25, 0.3) is 11.0 Å². The van der Waals surface area contributed by atoms with Crippen molar-refractivity contribution < 1.29 is 4.39 Å². The SMILES string of the molecule is CC1(Cn2c(=S)[nH]c3cc(Br)c(F)cc32)CCCS1. The van der Waals surface area contributed by atoms with Gasteiger partial charge in [-0.05, 0) is 59.7 Å². The van der Waals surface area contributed by atoms with Crippen LogP contribution in [-0.4, -0.2) is 20.1 Å². The van der Waals surface area contributed by atoms with Crippen LogP contribution < -0.4 is 0 Å². The number of benzene rings is 1. The summed E-state index contributed by atoms with van der Waals surface area (Å²) in [7, 11) is 0. The van der Waals surface area contributed by atoms with Crippen LogP contribution in [0, 0.1) is 10.6 Å². The minimum absolute atomic E-state index is 0.205. The van der Waals surface area contributed by atoms with E-state index in [1.165, 1.54) is 18.6 Å². The summed E-state index contributed by atoms with van der Waals surface area (Å²) in [5.74, 6) is 0.950. The Morgan fingerprint density at radius 3 is 3.05 bits per heavy atom. The van der Waals surface area contributed by atoms with Gasteiger partial charge in [-0.25, -0.2) is 4.39 Å². The van der Waals surface area contributed by atoms with E-state index >= 15 is 0 Å². The van der Waals surface area contributed by atoms with Crippen LogP contribution in [0.4, 0.5) is 4.39 Å². The molecule has 2 aromatic rings. The first-order chi connectivity index (χ1) is 8.98. The summed E-state index contributed by atoms with van der Waals surface area (Å²) >= 11 is 10.6. The molecule has 0 aliphatic carbocycles. The molecule has 2 heterocycles. The maximum absolute atomic E-state index is 13.7. The topological polar surface area (TPSA) is 20.7 Å². The molecule has 1 aromatic carbocycles. The first kappa shape index (κ1) is 13.6. The molecule has 3 rings (SSSR count). The predicted molar refractivity (Wildman–Crippen MR) is 84.9 cm³/mol. The standard InChI is InChI=1S/C13H14BrFN2S2/c1-13(3-2-4-19-13)7-17-11-6-9(15)8(14)5-10(11)16-12(17)18/h5-6H,2-4,7H2,1H3,(H,16,18). The van der Waals surface area contributed by atoms with Crippen LogP contribution in [0.15, 0.2) is 16.6 Å². The fourth-order valence-corrected chi connectivity index (χ4v) is 4.51. The third-order valence-corrected chi connectivity index (χ3v) is 6.06. The highest BCUT2D eigenvalue weighted by Crippen LogP contribution is 2.39. The average Bonchev–Trinajstić information content (AvgIpc) is 2.88. The zero-order valence-electron chi connectivity index (χ0n) is 10.5. The first-order valence-corrected chi connectivity index (χ1v) is 8.39. The molecule has 1 saturated heterocycles. The highest BCUT2D eigenvalue weighted by molar-refractivity contribution is 9.10. The Morgan fingerprint density at radius 2 is 2.37 bits per heavy atom. The normalized spacial score (nSPS) is 23.3. The molecule has 1 fully saturated rings. The highest BCUT2D eigenvalue weighted by Gasteiger charge is 2.30. The fraction of sp³-hybridized carbons (Fsp3) is 0.462. The lowest BCUT2D eigenvalue weighted by Gasteiger charge is -2.23. The van der Waals surface area contributed by atoms with Crippen molar-refractivity contribution in [2.45, 2.75) is 31.1 Å². The largest absolute Gasteiger partial charge is 0.331 e. The van der Waals surface area contributed by atoms with Crippen LogP contribution in [-0.2, 0) is 6.54 Å². The summed E-state index contributed by atoms with van der Waals surface area (Å²) in [6.45, 7) is 3.10. The van der Waals surface area contributed by atoms with E-state index in [2.05, 4.69) is 27.8 Å². The summed E-state index contributed by atoms with van der Waals surface area (Å²) < 4.78 is 17.1. The predicted octanol–water partition coefficient (Wildman–Crippen LogP) is 4.89. The Bertz CT molecular complexity index is 686. The van der Waals surface area contributed by atoms with Crippen molar-refractivity contribution in [1.29, 1.82) is 0 Å². The van der Waals surface area contributed by atoms with Crippen LogP contribution in [0.1, 0.15) is 19.8 Å². The smallest absolute Gasteiger partial charge is 0.178 e. The highest BCUT2D eigenvalue weighted by atomic mass is 79.9. The van der Waals surface area contributed by atoms with Gasteiger partial charge in [0.05, 0.1) is 15.5 Å². The summed E-state index contributed by atoms with van der Waals surface area (Å²) in [6.07, 6.45) is 2.43. The molecule has 102 valence electrons. The minimum Gasteiger partial charge on any atom is -0.331 e. The molecule has 1 aliphatic rings. The van der Waals surface area contributed by atoms with Gasteiger partial charge in [0.25, 0.3) is 0 Å². The molecule has 0 amide bonds. The molecule has 1 aliphatic heterocycles. The second kappa shape index (κ2) is 4.90. The summed E-state index contributed by atoms with van der Waals surface area (Å²) in [5.41, 5.74) is 1.73. The Labute approximate surface area is 128 Å². The number of rotatable bonds is 2. The van der Waals surface area contributed by atoms with Crippen molar-refractivity contribution in [3.8, 4) is 0 Å². The summed E-state index contributed by atoms with van der Waals surface area (Å²) in [6, 6.07) is 3.30. The van der Waals surface area contributed by atoms with Crippen molar-refractivity contribution in [1.82, 2.24) is 9.55 Å². The monoisotopic (exact) mass is 360 g/mol. The second-order valence-electron chi connectivity index (χ2n) is 5.20. The van der Waals surface area contributed by atoms with E-state index in [1.807, 2.05) is 16.3 Å². The lowest BCUT2D eigenvalue weighted by Crippen LogP contribution is -2.23. The molecule has 2 nitrogen and oxygen atoms in total. The Kier molecular flexibility index (Phi) is 3.52. The molecular weight excluding hydrogens is 347 g/mol. The molecule has 0 bridgehead atoms. The van der Waals surface area contributed by atoms with Crippen LogP contribution in [0.5, 0.6) is 0 Å². The molecular formula is C13H14BrFN2S2. The number of hydrogen-bond acceptors (Lipinski definition) is 2. The van der Waals surface area contributed by atoms with Gasteiger partial charge < -0.3 is 9.55 Å². The van der Waals surface area contributed by atoms with Crippen molar-refractivity contribution in [2.75, 3.05) is 5.75 Å². The minimum atomic E-state index is -0.250. The van der Waals surface area contributed by atoms with Gasteiger partial charge in [-0.15, -0.1) is 0 Å². The first-order valence-electron chi connectivity index (χ1n) is 6.20. The number of hydrogen-bond donors (Lipinski definition) is 1. The van der Waals surface area contributed by atoms with Gasteiger partial charge in [0, 0.05) is 17.4 Å². The van der Waals surface area contributed by atoms with Crippen molar-refractivity contribution >= 4 is 50.9 Å². The number of nitrogens with one attached hydrogen (secondary N) is 1. The maximum atomic E-state index is 13.7. The van der Waals surface area contributed by atoms with E-state index in [9.17, 15) is 4.39 Å². The van der Waals surface area contributed by atoms with Gasteiger partial charge in [0.15, 0.2) is 4.77 Å². The molecule has 1 atom stereocenters. The number of aromatic nitrogens is 2. The second-order valence-corrected chi connectivity index (χ2v) is 8.13. The Morgan fingerprint density at radius 1 is 1.58 bits per heavy atom. The van der Waals surface area contributed by atoms with E-state index in [4.69, 9.17) is 12.2 Å². The Balaban J connectivity index is 2.10.